The first-order chi connectivity index (χ1) is 19.7. The summed E-state index contributed by atoms with van der Waals surface area (Å²) in [6.07, 6.45) is 1.47. The summed E-state index contributed by atoms with van der Waals surface area (Å²) in [7, 11) is -0.978. The zero-order chi connectivity index (χ0) is 29.4. The Bertz CT molecular complexity index is 1580. The second kappa shape index (κ2) is 13.4. The van der Waals surface area contributed by atoms with Crippen molar-refractivity contribution in [3.63, 3.8) is 0 Å². The van der Waals surface area contributed by atoms with Gasteiger partial charge in [0, 0.05) is 23.1 Å². The summed E-state index contributed by atoms with van der Waals surface area (Å²) in [5, 5.41) is 1.97. The summed E-state index contributed by atoms with van der Waals surface area (Å²) < 4.78 is 38.1. The van der Waals surface area contributed by atoms with E-state index in [0.29, 0.717) is 35.0 Å². The monoisotopic (exact) mass is 593 g/mol. The molecule has 0 aliphatic carbocycles. The lowest BCUT2D eigenvalue weighted by Crippen LogP contribution is -2.32. The van der Waals surface area contributed by atoms with Crippen molar-refractivity contribution in [1.82, 2.24) is 14.6 Å². The molecule has 0 saturated heterocycles. The Morgan fingerprint density at radius 2 is 1.56 bits per heavy atom. The fourth-order valence-corrected chi connectivity index (χ4v) is 6.02. The summed E-state index contributed by atoms with van der Waals surface area (Å²) in [6.45, 7) is 2.41. The van der Waals surface area contributed by atoms with Gasteiger partial charge in [0.25, 0.3) is 21.8 Å². The van der Waals surface area contributed by atoms with Crippen molar-refractivity contribution >= 4 is 33.2 Å². The van der Waals surface area contributed by atoms with Crippen LogP contribution in [0.2, 0.25) is 0 Å². The van der Waals surface area contributed by atoms with Gasteiger partial charge in [-0.15, -0.1) is 11.3 Å². The van der Waals surface area contributed by atoms with Crippen LogP contribution in [0.5, 0.6) is 11.5 Å². The molecule has 0 saturated carbocycles. The molecule has 0 aliphatic rings. The van der Waals surface area contributed by atoms with Gasteiger partial charge in [-0.1, -0.05) is 48.5 Å². The summed E-state index contributed by atoms with van der Waals surface area (Å²) in [5.74, 6) is -0.0247. The number of thiazole rings is 1. The molecular weight excluding hydrogens is 562 g/mol. The van der Waals surface area contributed by atoms with E-state index in [0.717, 1.165) is 17.5 Å². The van der Waals surface area contributed by atoms with Gasteiger partial charge in [0.2, 0.25) is 0 Å². The standard InChI is InChI=1S/C30H31N3O6S2/c1-21-26(38-2)17-23(18-27(21)39-3)30(35)33(16-10-13-22-11-6-4-7-12-22)19-28-31-25(20-40-28)29(34)32-41(36,37)24-14-8-5-9-15-24/h4-9,11-12,14-15,17-18,20H,10,13,16,19H2,1-3H3,(H,32,34). The molecule has 214 valence electrons. The van der Waals surface area contributed by atoms with Crippen LogP contribution >= 0.6 is 11.3 Å². The van der Waals surface area contributed by atoms with Gasteiger partial charge in [-0.2, -0.15) is 0 Å². The summed E-state index contributed by atoms with van der Waals surface area (Å²) in [6, 6.07) is 21.0. The number of rotatable bonds is 12. The van der Waals surface area contributed by atoms with Crippen LogP contribution in [0.4, 0.5) is 0 Å². The van der Waals surface area contributed by atoms with E-state index in [1.165, 1.54) is 43.1 Å². The van der Waals surface area contributed by atoms with E-state index >= 15 is 0 Å². The number of aryl methyl sites for hydroxylation is 1. The maximum Gasteiger partial charge on any atom is 0.284 e. The molecule has 0 unspecified atom stereocenters. The number of nitrogens with one attached hydrogen (secondary N) is 1. The van der Waals surface area contributed by atoms with Gasteiger partial charge < -0.3 is 14.4 Å². The molecule has 4 rings (SSSR count). The summed E-state index contributed by atoms with van der Waals surface area (Å²) in [4.78, 5) is 32.5. The minimum Gasteiger partial charge on any atom is -0.496 e. The molecule has 3 aromatic carbocycles. The molecule has 41 heavy (non-hydrogen) atoms. The molecule has 2 amide bonds. The maximum atomic E-state index is 13.8. The highest BCUT2D eigenvalue weighted by Crippen LogP contribution is 2.30. The quantitative estimate of drug-likeness (QED) is 0.249. The van der Waals surface area contributed by atoms with Crippen molar-refractivity contribution in [2.45, 2.75) is 31.2 Å². The highest BCUT2D eigenvalue weighted by atomic mass is 32.2. The second-order valence-electron chi connectivity index (χ2n) is 9.20. The van der Waals surface area contributed by atoms with Crippen LogP contribution in [0, 0.1) is 6.92 Å². The zero-order valence-corrected chi connectivity index (χ0v) is 24.6. The van der Waals surface area contributed by atoms with Crippen LogP contribution in [0.15, 0.2) is 83.1 Å². The summed E-state index contributed by atoms with van der Waals surface area (Å²) >= 11 is 1.18. The van der Waals surface area contributed by atoms with Crippen molar-refractivity contribution in [2.75, 3.05) is 20.8 Å². The molecule has 1 N–H and O–H groups in total. The van der Waals surface area contributed by atoms with Crippen molar-refractivity contribution in [3.8, 4) is 11.5 Å². The predicted molar refractivity (Wildman–Crippen MR) is 157 cm³/mol. The third kappa shape index (κ3) is 7.50. The number of carbonyl (C=O) groups is 2. The molecule has 1 aromatic heterocycles. The Labute approximate surface area is 243 Å². The van der Waals surface area contributed by atoms with E-state index < -0.39 is 15.9 Å². The van der Waals surface area contributed by atoms with Gasteiger partial charge in [0.05, 0.1) is 25.7 Å². The van der Waals surface area contributed by atoms with Crippen molar-refractivity contribution in [1.29, 1.82) is 0 Å². The Morgan fingerprint density at radius 1 is 0.951 bits per heavy atom. The number of ether oxygens (including phenoxy) is 2. The molecule has 0 aliphatic heterocycles. The van der Waals surface area contributed by atoms with E-state index in [9.17, 15) is 18.0 Å². The molecular formula is C30H31N3O6S2. The lowest BCUT2D eigenvalue weighted by molar-refractivity contribution is 0.0740. The average molecular weight is 594 g/mol. The molecule has 0 bridgehead atoms. The third-order valence-electron chi connectivity index (χ3n) is 6.41. The fourth-order valence-electron chi connectivity index (χ4n) is 4.25. The first kappa shape index (κ1) is 29.8. The number of aromatic nitrogens is 1. The van der Waals surface area contributed by atoms with Gasteiger partial charge in [0.15, 0.2) is 0 Å². The number of methoxy groups -OCH3 is 2. The van der Waals surface area contributed by atoms with Gasteiger partial charge in [-0.3, -0.25) is 9.59 Å². The average Bonchev–Trinajstić information content (AvgIpc) is 3.46. The SMILES string of the molecule is COc1cc(C(=O)N(CCCc2ccccc2)Cc2nc(C(=O)NS(=O)(=O)c3ccccc3)cs2)cc(OC)c1C. The molecule has 0 spiro atoms. The summed E-state index contributed by atoms with van der Waals surface area (Å²) in [5.41, 5.74) is 2.29. The Hall–Kier alpha value is -4.22. The highest BCUT2D eigenvalue weighted by molar-refractivity contribution is 7.90. The minimum atomic E-state index is -4.05. The molecule has 9 nitrogen and oxygen atoms in total. The third-order valence-corrected chi connectivity index (χ3v) is 8.59. The van der Waals surface area contributed by atoms with E-state index in [4.69, 9.17) is 9.47 Å². The van der Waals surface area contributed by atoms with E-state index in [1.54, 1.807) is 35.2 Å². The number of nitrogens with zero attached hydrogens (tertiary/aromatic N) is 2. The van der Waals surface area contributed by atoms with Gasteiger partial charge in [-0.05, 0) is 49.6 Å². The van der Waals surface area contributed by atoms with E-state index in [1.807, 2.05) is 37.3 Å². The van der Waals surface area contributed by atoms with Gasteiger partial charge in [0.1, 0.15) is 22.2 Å². The second-order valence-corrected chi connectivity index (χ2v) is 11.8. The van der Waals surface area contributed by atoms with Crippen LogP contribution in [0.1, 0.15) is 43.4 Å². The topological polar surface area (TPSA) is 115 Å². The number of hydrogen-bond donors (Lipinski definition) is 1. The maximum absolute atomic E-state index is 13.8. The van der Waals surface area contributed by atoms with Gasteiger partial charge in [-0.25, -0.2) is 18.1 Å². The molecule has 0 fully saturated rings. The van der Waals surface area contributed by atoms with Gasteiger partial charge >= 0.3 is 0 Å². The van der Waals surface area contributed by atoms with Crippen LogP contribution in [0.25, 0.3) is 0 Å². The lowest BCUT2D eigenvalue weighted by atomic mass is 10.1. The number of hydrogen-bond acceptors (Lipinski definition) is 8. The lowest BCUT2D eigenvalue weighted by Gasteiger charge is -2.23. The number of benzene rings is 3. The first-order valence-electron chi connectivity index (χ1n) is 12.8. The number of amides is 2. The van der Waals surface area contributed by atoms with Crippen molar-refractivity contribution < 1.29 is 27.5 Å². The Kier molecular flexibility index (Phi) is 9.74. The normalized spacial score (nSPS) is 11.1. The minimum absolute atomic E-state index is 0.0251. The molecule has 0 radical (unpaired) electrons. The Balaban J connectivity index is 1.54. The van der Waals surface area contributed by atoms with Crippen molar-refractivity contribution in [2.24, 2.45) is 0 Å². The Morgan fingerprint density at radius 3 is 2.17 bits per heavy atom. The van der Waals surface area contributed by atoms with E-state index in [-0.39, 0.29) is 23.0 Å². The smallest absolute Gasteiger partial charge is 0.284 e. The van der Waals surface area contributed by atoms with Crippen LogP contribution in [-0.4, -0.2) is 50.9 Å². The van der Waals surface area contributed by atoms with Crippen LogP contribution in [0.3, 0.4) is 0 Å². The van der Waals surface area contributed by atoms with Crippen molar-refractivity contribution in [3.05, 3.63) is 106 Å². The largest absolute Gasteiger partial charge is 0.496 e. The number of carbonyl (C=O) groups excluding carboxylic acids is 2. The molecule has 4 aromatic rings. The molecule has 1 heterocycles. The fraction of sp³-hybridized carbons (Fsp3) is 0.233. The van der Waals surface area contributed by atoms with Crippen LogP contribution in [-0.2, 0) is 23.0 Å². The van der Waals surface area contributed by atoms with E-state index in [2.05, 4.69) is 9.71 Å². The predicted octanol–water partition coefficient (Wildman–Crippen LogP) is 4.86. The number of sulfonamides is 1. The molecule has 0 atom stereocenters. The zero-order valence-electron chi connectivity index (χ0n) is 23.0. The molecule has 11 heteroatoms. The first-order valence-corrected chi connectivity index (χ1v) is 15.2. The highest BCUT2D eigenvalue weighted by Gasteiger charge is 2.23. The van der Waals surface area contributed by atoms with Crippen LogP contribution < -0.4 is 14.2 Å².